The number of nitrogens with zero attached hydrogens (tertiary/aromatic N) is 1. The predicted octanol–water partition coefficient (Wildman–Crippen LogP) is 6.91. The molecule has 1 aliphatic rings. The van der Waals surface area contributed by atoms with Crippen molar-refractivity contribution in [3.63, 3.8) is 0 Å². The lowest BCUT2D eigenvalue weighted by molar-refractivity contribution is 0.0815. The number of hydrogen-bond acceptors (Lipinski definition) is 4. The van der Waals surface area contributed by atoms with Crippen LogP contribution in [0.25, 0.3) is 22.1 Å². The minimum absolute atomic E-state index is 0.0846. The molecule has 4 aromatic rings. The Hall–Kier alpha value is -3.28. The van der Waals surface area contributed by atoms with Crippen LogP contribution in [0, 0.1) is 19.7 Å². The van der Waals surface area contributed by atoms with E-state index < -0.39 is 17.4 Å². The van der Waals surface area contributed by atoms with Crippen molar-refractivity contribution in [2.45, 2.75) is 33.9 Å². The van der Waals surface area contributed by atoms with Crippen LogP contribution in [0.4, 0.5) is 4.39 Å². The molecule has 0 saturated heterocycles. The molecule has 0 atom stereocenters. The molecule has 0 aliphatic heterocycles. The van der Waals surface area contributed by atoms with E-state index in [0.717, 1.165) is 21.9 Å². The molecule has 0 saturated carbocycles. The SMILES string of the molecule is CCN(Cc1ccc(F)c(Cl)c1)Cc1oc2c(c1C)C(=O)C(=O)c1c-2ccc2c(C)cccc12. The van der Waals surface area contributed by atoms with Crippen LogP contribution < -0.4 is 0 Å². The summed E-state index contributed by atoms with van der Waals surface area (Å²) in [6.07, 6.45) is 0. The van der Waals surface area contributed by atoms with Crippen molar-refractivity contribution in [1.29, 1.82) is 0 Å². The lowest BCUT2D eigenvalue weighted by atomic mass is 9.83. The zero-order chi connectivity index (χ0) is 24.1. The highest BCUT2D eigenvalue weighted by atomic mass is 35.5. The molecule has 0 unspecified atom stereocenters. The number of ketones is 2. The van der Waals surface area contributed by atoms with Crippen molar-refractivity contribution in [3.8, 4) is 11.3 Å². The van der Waals surface area contributed by atoms with Gasteiger partial charge in [0.05, 0.1) is 17.1 Å². The van der Waals surface area contributed by atoms with Gasteiger partial charge >= 0.3 is 0 Å². The van der Waals surface area contributed by atoms with E-state index in [0.29, 0.717) is 53.4 Å². The van der Waals surface area contributed by atoms with Crippen LogP contribution in [0.15, 0.2) is 52.9 Å². The molecular weight excluding hydrogens is 453 g/mol. The normalized spacial score (nSPS) is 13.0. The number of carbonyl (C=O) groups excluding carboxylic acids is 2. The van der Waals surface area contributed by atoms with Gasteiger partial charge in [0.15, 0.2) is 0 Å². The second-order valence-electron chi connectivity index (χ2n) is 8.72. The minimum atomic E-state index is -0.530. The lowest BCUT2D eigenvalue weighted by Crippen LogP contribution is -2.23. The third-order valence-electron chi connectivity index (χ3n) is 6.63. The van der Waals surface area contributed by atoms with Crippen LogP contribution in [-0.2, 0) is 13.1 Å². The van der Waals surface area contributed by atoms with E-state index in [2.05, 4.69) is 4.90 Å². The van der Waals surface area contributed by atoms with Gasteiger partial charge in [0, 0.05) is 23.2 Å². The number of halogens is 2. The molecule has 0 N–H and O–H groups in total. The van der Waals surface area contributed by atoms with Gasteiger partial charge in [0.25, 0.3) is 0 Å². The first kappa shape index (κ1) is 22.5. The minimum Gasteiger partial charge on any atom is -0.459 e. The number of aryl methyl sites for hydroxylation is 1. The number of hydrogen-bond donors (Lipinski definition) is 0. The zero-order valence-electron chi connectivity index (χ0n) is 19.2. The molecule has 0 radical (unpaired) electrons. The first-order valence-corrected chi connectivity index (χ1v) is 11.6. The molecule has 0 amide bonds. The second-order valence-corrected chi connectivity index (χ2v) is 9.13. The largest absolute Gasteiger partial charge is 0.459 e. The Kier molecular flexibility index (Phi) is 5.62. The average molecular weight is 476 g/mol. The summed E-state index contributed by atoms with van der Waals surface area (Å²) >= 11 is 5.94. The Morgan fingerprint density at radius 2 is 1.71 bits per heavy atom. The summed E-state index contributed by atoms with van der Waals surface area (Å²) in [7, 11) is 0. The average Bonchev–Trinajstić information content (AvgIpc) is 3.15. The topological polar surface area (TPSA) is 50.5 Å². The van der Waals surface area contributed by atoms with Crippen LogP contribution in [0.1, 0.15) is 50.1 Å². The molecule has 1 aliphatic carbocycles. The van der Waals surface area contributed by atoms with Crippen molar-refractivity contribution >= 4 is 33.9 Å². The van der Waals surface area contributed by atoms with Crippen LogP contribution in [-0.4, -0.2) is 23.0 Å². The summed E-state index contributed by atoms with van der Waals surface area (Å²) in [6.45, 7) is 7.50. The van der Waals surface area contributed by atoms with Crippen molar-refractivity contribution in [1.82, 2.24) is 4.90 Å². The molecule has 0 spiro atoms. The smallest absolute Gasteiger partial charge is 0.237 e. The van der Waals surface area contributed by atoms with Gasteiger partial charge in [-0.1, -0.05) is 48.9 Å². The van der Waals surface area contributed by atoms with Crippen LogP contribution in [0.5, 0.6) is 0 Å². The number of benzene rings is 3. The van der Waals surface area contributed by atoms with E-state index in [4.69, 9.17) is 16.0 Å². The summed E-state index contributed by atoms with van der Waals surface area (Å²) in [6, 6.07) is 14.3. The summed E-state index contributed by atoms with van der Waals surface area (Å²) < 4.78 is 19.8. The Morgan fingerprint density at radius 1 is 0.941 bits per heavy atom. The fraction of sp³-hybridized carbons (Fsp3) is 0.214. The number of fused-ring (bicyclic) bond motifs is 5. The number of furan rings is 1. The molecule has 6 heteroatoms. The summed E-state index contributed by atoms with van der Waals surface area (Å²) in [5.41, 5.74) is 4.01. The van der Waals surface area contributed by atoms with Gasteiger partial charge < -0.3 is 4.42 Å². The Labute approximate surface area is 201 Å². The highest BCUT2D eigenvalue weighted by Gasteiger charge is 2.37. The third kappa shape index (κ3) is 3.56. The summed E-state index contributed by atoms with van der Waals surface area (Å²) in [5, 5.41) is 1.80. The summed E-state index contributed by atoms with van der Waals surface area (Å²) in [5.74, 6) is -0.387. The molecule has 5 rings (SSSR count). The molecule has 1 aromatic heterocycles. The van der Waals surface area contributed by atoms with Crippen molar-refractivity contribution in [3.05, 3.63) is 92.9 Å². The molecular formula is C28H23ClFNO3. The predicted molar refractivity (Wildman–Crippen MR) is 131 cm³/mol. The van der Waals surface area contributed by atoms with Gasteiger partial charge in [-0.3, -0.25) is 14.5 Å². The van der Waals surface area contributed by atoms with Gasteiger partial charge in [-0.2, -0.15) is 0 Å². The molecule has 172 valence electrons. The molecule has 1 heterocycles. The van der Waals surface area contributed by atoms with E-state index in [-0.39, 0.29) is 5.02 Å². The fourth-order valence-electron chi connectivity index (χ4n) is 4.73. The maximum absolute atomic E-state index is 13.5. The number of Topliss-reactive ketones (excluding diaryl/α,β-unsaturated/α-hetero) is 2. The van der Waals surface area contributed by atoms with Crippen LogP contribution in [0.2, 0.25) is 5.02 Å². The van der Waals surface area contributed by atoms with E-state index >= 15 is 0 Å². The quantitative estimate of drug-likeness (QED) is 0.294. The van der Waals surface area contributed by atoms with E-state index in [1.807, 2.05) is 51.1 Å². The Bertz CT molecular complexity index is 1490. The number of rotatable bonds is 5. The number of carbonyl (C=O) groups is 2. The van der Waals surface area contributed by atoms with Gasteiger partial charge in [0.2, 0.25) is 11.6 Å². The maximum Gasteiger partial charge on any atom is 0.237 e. The fourth-order valence-corrected chi connectivity index (χ4v) is 4.93. The standard InChI is InChI=1S/C28H23ClFNO3/c1-4-31(13-17-8-11-22(30)21(29)12-17)14-23-16(3)24-26(32)27(33)25-19-7-5-6-15(2)18(19)9-10-20(25)28(24)34-23/h5-12H,4,13-14H2,1-3H3. The van der Waals surface area contributed by atoms with Gasteiger partial charge in [0.1, 0.15) is 17.3 Å². The maximum atomic E-state index is 13.5. The summed E-state index contributed by atoms with van der Waals surface area (Å²) in [4.78, 5) is 28.5. The van der Waals surface area contributed by atoms with E-state index in [9.17, 15) is 14.0 Å². The molecule has 4 nitrogen and oxygen atoms in total. The zero-order valence-corrected chi connectivity index (χ0v) is 19.9. The van der Waals surface area contributed by atoms with Gasteiger partial charge in [-0.05, 0) is 60.5 Å². The second kappa shape index (κ2) is 8.49. The van der Waals surface area contributed by atoms with Crippen LogP contribution in [0.3, 0.4) is 0 Å². The molecule has 3 aromatic carbocycles. The molecule has 0 fully saturated rings. The Balaban J connectivity index is 1.55. The molecule has 0 bridgehead atoms. The van der Waals surface area contributed by atoms with Crippen molar-refractivity contribution in [2.24, 2.45) is 0 Å². The van der Waals surface area contributed by atoms with Crippen molar-refractivity contribution < 1.29 is 18.4 Å². The monoisotopic (exact) mass is 475 g/mol. The first-order valence-electron chi connectivity index (χ1n) is 11.2. The first-order chi connectivity index (χ1) is 16.3. The molecule has 34 heavy (non-hydrogen) atoms. The third-order valence-corrected chi connectivity index (χ3v) is 6.92. The highest BCUT2D eigenvalue weighted by molar-refractivity contribution is 6.54. The van der Waals surface area contributed by atoms with Crippen molar-refractivity contribution in [2.75, 3.05) is 6.54 Å². The lowest BCUT2D eigenvalue weighted by Gasteiger charge is -2.20. The highest BCUT2D eigenvalue weighted by Crippen LogP contribution is 2.42. The van der Waals surface area contributed by atoms with E-state index in [1.165, 1.54) is 6.07 Å². The van der Waals surface area contributed by atoms with E-state index in [1.54, 1.807) is 12.1 Å². The van der Waals surface area contributed by atoms with Gasteiger partial charge in [-0.25, -0.2) is 4.39 Å². The van der Waals surface area contributed by atoms with Gasteiger partial charge in [-0.15, -0.1) is 0 Å². The Morgan fingerprint density at radius 3 is 2.44 bits per heavy atom. The van der Waals surface area contributed by atoms with Crippen LogP contribution >= 0.6 is 11.6 Å².